The van der Waals surface area contributed by atoms with E-state index < -0.39 is 18.3 Å². The zero-order chi connectivity index (χ0) is 29.7. The van der Waals surface area contributed by atoms with Gasteiger partial charge >= 0.3 is 0 Å². The molecule has 41 heavy (non-hydrogen) atoms. The number of amides is 1. The van der Waals surface area contributed by atoms with Crippen molar-refractivity contribution in [2.24, 2.45) is 5.92 Å². The van der Waals surface area contributed by atoms with Crippen LogP contribution in [0.1, 0.15) is 74.4 Å². The Morgan fingerprint density at radius 2 is 1.76 bits per heavy atom. The monoisotopic (exact) mass is 559 g/mol. The number of carbonyl (C=O) groups is 2. The van der Waals surface area contributed by atoms with Crippen LogP contribution in [-0.2, 0) is 16.1 Å². The fourth-order valence-corrected chi connectivity index (χ4v) is 5.86. The molecule has 1 aromatic heterocycles. The van der Waals surface area contributed by atoms with Crippen LogP contribution in [0.3, 0.4) is 0 Å². The van der Waals surface area contributed by atoms with Crippen LogP contribution in [0.25, 0.3) is 11.1 Å². The Balaban J connectivity index is 1.64. The van der Waals surface area contributed by atoms with Crippen LogP contribution in [0.4, 0.5) is 4.39 Å². The minimum absolute atomic E-state index is 0.0378. The highest BCUT2D eigenvalue weighted by molar-refractivity contribution is 5.83. The SMILES string of the molecule is CC(=O)C[C@H](NC(=O)C(CC(C)C)n1cc(CN2CC[C@@H](F)C2)ccc1=O)c1cccc(-c2c(C)cccc2C)c1. The fraction of sp³-hybridized carbons (Fsp3) is 0.441. The highest BCUT2D eigenvalue weighted by Crippen LogP contribution is 2.30. The molecule has 218 valence electrons. The first-order valence-electron chi connectivity index (χ1n) is 14.6. The summed E-state index contributed by atoms with van der Waals surface area (Å²) in [6.45, 7) is 11.3. The summed E-state index contributed by atoms with van der Waals surface area (Å²) in [5, 5.41) is 3.12. The molecule has 4 rings (SSSR count). The van der Waals surface area contributed by atoms with Crippen molar-refractivity contribution in [3.05, 3.63) is 93.4 Å². The Labute approximate surface area is 242 Å². The summed E-state index contributed by atoms with van der Waals surface area (Å²) in [5.41, 5.74) is 5.92. The van der Waals surface area contributed by atoms with E-state index in [1.54, 1.807) is 12.3 Å². The van der Waals surface area contributed by atoms with E-state index in [1.165, 1.54) is 17.6 Å². The first-order chi connectivity index (χ1) is 19.5. The summed E-state index contributed by atoms with van der Waals surface area (Å²) in [6, 6.07) is 16.1. The van der Waals surface area contributed by atoms with Gasteiger partial charge in [0.1, 0.15) is 18.0 Å². The van der Waals surface area contributed by atoms with Crippen LogP contribution in [-0.4, -0.2) is 40.4 Å². The Kier molecular flexibility index (Phi) is 9.92. The van der Waals surface area contributed by atoms with Crippen LogP contribution in [0, 0.1) is 19.8 Å². The molecule has 0 radical (unpaired) electrons. The number of alkyl halides is 1. The van der Waals surface area contributed by atoms with Crippen molar-refractivity contribution in [3.63, 3.8) is 0 Å². The lowest BCUT2D eigenvalue weighted by Gasteiger charge is -2.26. The first-order valence-corrected chi connectivity index (χ1v) is 14.6. The maximum atomic E-state index is 13.9. The van der Waals surface area contributed by atoms with Crippen molar-refractivity contribution in [2.75, 3.05) is 13.1 Å². The molecule has 1 N–H and O–H groups in total. The molecule has 2 heterocycles. The fourth-order valence-electron chi connectivity index (χ4n) is 5.86. The Morgan fingerprint density at radius 1 is 1.05 bits per heavy atom. The molecule has 0 aliphatic carbocycles. The molecule has 1 fully saturated rings. The standard InChI is InChI=1S/C34H42FN3O3/c1-22(2)16-31(38-20-26(12-13-32(38)40)19-37-15-14-29(35)21-37)34(41)36-30(17-25(5)39)27-10-7-11-28(18-27)33-23(3)8-6-9-24(33)4/h6-13,18,20,22,29-31H,14-17,19,21H2,1-5H3,(H,36,41)/t29-,30+,31?/m1/s1. The molecule has 7 heteroatoms. The van der Waals surface area contributed by atoms with Crippen LogP contribution in [0.15, 0.2) is 65.6 Å². The van der Waals surface area contributed by atoms with Crippen LogP contribution in [0.5, 0.6) is 0 Å². The molecule has 1 unspecified atom stereocenters. The zero-order valence-corrected chi connectivity index (χ0v) is 24.8. The average molecular weight is 560 g/mol. The highest BCUT2D eigenvalue weighted by Gasteiger charge is 2.27. The number of rotatable bonds is 11. The maximum absolute atomic E-state index is 13.9. The number of carbonyl (C=O) groups excluding carboxylic acids is 2. The molecule has 1 saturated heterocycles. The van der Waals surface area contributed by atoms with E-state index in [9.17, 15) is 18.8 Å². The van der Waals surface area contributed by atoms with Crippen LogP contribution < -0.4 is 10.9 Å². The molecule has 1 aliphatic rings. The maximum Gasteiger partial charge on any atom is 0.251 e. The van der Waals surface area contributed by atoms with E-state index in [1.807, 2.05) is 49.1 Å². The molecule has 0 saturated carbocycles. The topological polar surface area (TPSA) is 71.4 Å². The third-order valence-electron chi connectivity index (χ3n) is 7.82. The number of Topliss-reactive ketones (excluding diaryl/α,β-unsaturated/α-hetero) is 1. The first kappa shape index (κ1) is 30.4. The van der Waals surface area contributed by atoms with E-state index in [4.69, 9.17) is 0 Å². The zero-order valence-electron chi connectivity index (χ0n) is 24.8. The number of pyridine rings is 1. The second-order valence-corrected chi connectivity index (χ2v) is 11.9. The lowest BCUT2D eigenvalue weighted by Crippen LogP contribution is -2.40. The molecule has 1 aliphatic heterocycles. The number of hydrogen-bond donors (Lipinski definition) is 1. The normalized spacial score (nSPS) is 17.0. The van der Waals surface area contributed by atoms with E-state index in [0.29, 0.717) is 32.5 Å². The summed E-state index contributed by atoms with van der Waals surface area (Å²) in [5.74, 6) is -0.193. The van der Waals surface area contributed by atoms with Gasteiger partial charge in [0.05, 0.1) is 6.04 Å². The number of hydrogen-bond acceptors (Lipinski definition) is 4. The number of nitrogens with zero attached hydrogens (tertiary/aromatic N) is 2. The van der Waals surface area contributed by atoms with Gasteiger partial charge in [0.15, 0.2) is 0 Å². The van der Waals surface area contributed by atoms with Gasteiger partial charge in [-0.1, -0.05) is 56.3 Å². The Hall–Kier alpha value is -3.58. The molecular weight excluding hydrogens is 517 g/mol. The molecule has 0 bridgehead atoms. The summed E-state index contributed by atoms with van der Waals surface area (Å²) in [6.07, 6.45) is 2.03. The third-order valence-corrected chi connectivity index (χ3v) is 7.82. The molecule has 6 nitrogen and oxygen atoms in total. The van der Waals surface area contributed by atoms with Gasteiger partial charge < -0.3 is 9.88 Å². The number of halogens is 1. The molecule has 3 aromatic rings. The minimum Gasteiger partial charge on any atom is -0.347 e. The smallest absolute Gasteiger partial charge is 0.251 e. The largest absolute Gasteiger partial charge is 0.347 e. The van der Waals surface area contributed by atoms with Gasteiger partial charge in [-0.2, -0.15) is 0 Å². The van der Waals surface area contributed by atoms with E-state index in [-0.39, 0.29) is 29.6 Å². The highest BCUT2D eigenvalue weighted by atomic mass is 19.1. The van der Waals surface area contributed by atoms with E-state index >= 15 is 0 Å². The molecule has 0 spiro atoms. The second-order valence-electron chi connectivity index (χ2n) is 11.9. The van der Waals surface area contributed by atoms with Gasteiger partial charge in [0.2, 0.25) is 5.91 Å². The predicted molar refractivity (Wildman–Crippen MR) is 162 cm³/mol. The van der Waals surface area contributed by atoms with Crippen molar-refractivity contribution in [2.45, 2.75) is 78.7 Å². The van der Waals surface area contributed by atoms with Crippen molar-refractivity contribution in [3.8, 4) is 11.1 Å². The van der Waals surface area contributed by atoms with Gasteiger partial charge in [0, 0.05) is 38.3 Å². The summed E-state index contributed by atoms with van der Waals surface area (Å²) < 4.78 is 15.2. The number of nitrogens with one attached hydrogen (secondary N) is 1. The Bertz CT molecular complexity index is 1430. The van der Waals surface area contributed by atoms with Gasteiger partial charge in [-0.05, 0) is 79.0 Å². The van der Waals surface area contributed by atoms with Gasteiger partial charge in [-0.25, -0.2) is 4.39 Å². The number of benzene rings is 2. The second kappa shape index (κ2) is 13.4. The predicted octanol–water partition coefficient (Wildman–Crippen LogP) is 6.10. The average Bonchev–Trinajstić information content (AvgIpc) is 3.32. The lowest BCUT2D eigenvalue weighted by molar-refractivity contribution is -0.126. The van der Waals surface area contributed by atoms with Crippen molar-refractivity contribution < 1.29 is 14.0 Å². The van der Waals surface area contributed by atoms with Gasteiger partial charge in [-0.3, -0.25) is 19.3 Å². The van der Waals surface area contributed by atoms with Gasteiger partial charge in [0.25, 0.3) is 5.56 Å². The van der Waals surface area contributed by atoms with E-state index in [2.05, 4.69) is 31.3 Å². The minimum atomic E-state index is -0.827. The van der Waals surface area contributed by atoms with Crippen LogP contribution in [0.2, 0.25) is 0 Å². The molecular formula is C34H42FN3O3. The number of aryl methyl sites for hydroxylation is 2. The molecule has 3 atom stereocenters. The number of aromatic nitrogens is 1. The van der Waals surface area contributed by atoms with Crippen molar-refractivity contribution >= 4 is 11.7 Å². The summed E-state index contributed by atoms with van der Waals surface area (Å²) >= 11 is 0. The van der Waals surface area contributed by atoms with Gasteiger partial charge in [-0.15, -0.1) is 0 Å². The molecule has 2 aromatic carbocycles. The third kappa shape index (κ3) is 7.79. The number of ketones is 1. The molecule has 1 amide bonds. The number of likely N-dealkylation sites (tertiary alicyclic amines) is 1. The summed E-state index contributed by atoms with van der Waals surface area (Å²) in [7, 11) is 0. The van der Waals surface area contributed by atoms with E-state index in [0.717, 1.165) is 33.4 Å². The van der Waals surface area contributed by atoms with Crippen LogP contribution >= 0.6 is 0 Å². The van der Waals surface area contributed by atoms with Crippen molar-refractivity contribution in [1.29, 1.82) is 0 Å². The Morgan fingerprint density at radius 3 is 2.39 bits per heavy atom. The quantitative estimate of drug-likeness (QED) is 0.308. The summed E-state index contributed by atoms with van der Waals surface area (Å²) in [4.78, 5) is 41.3. The lowest BCUT2D eigenvalue weighted by atomic mass is 9.92. The van der Waals surface area contributed by atoms with Crippen molar-refractivity contribution in [1.82, 2.24) is 14.8 Å².